The number of benzene rings is 3. The SMILES string of the molecule is COC(=O)c1c(C2C(=O)Nc3ccc(F)cc32)c(-c2ccc(C)cc2)n(CCc2ccccc2)c1C(=O)OC. The summed E-state index contributed by atoms with van der Waals surface area (Å²) in [6, 6.07) is 21.3. The number of anilines is 1. The molecule has 4 aromatic rings. The number of hydrogen-bond donors (Lipinski definition) is 1. The minimum absolute atomic E-state index is 0.0245. The lowest BCUT2D eigenvalue weighted by Gasteiger charge is -2.17. The van der Waals surface area contributed by atoms with Crippen molar-refractivity contribution in [1.29, 1.82) is 0 Å². The average Bonchev–Trinajstić information content (AvgIpc) is 3.45. The zero-order valence-corrected chi connectivity index (χ0v) is 21.8. The van der Waals surface area contributed by atoms with E-state index in [0.29, 0.717) is 35.5 Å². The highest BCUT2D eigenvalue weighted by Crippen LogP contribution is 2.45. The summed E-state index contributed by atoms with van der Waals surface area (Å²) >= 11 is 0. The number of halogens is 1. The first-order valence-corrected chi connectivity index (χ1v) is 12.5. The molecule has 0 radical (unpaired) electrons. The van der Waals surface area contributed by atoms with Gasteiger partial charge in [-0.15, -0.1) is 0 Å². The molecule has 3 aromatic carbocycles. The maximum absolute atomic E-state index is 14.4. The van der Waals surface area contributed by atoms with Crippen LogP contribution in [0.4, 0.5) is 10.1 Å². The minimum Gasteiger partial charge on any atom is -0.465 e. The molecule has 2 heterocycles. The van der Waals surface area contributed by atoms with Crippen LogP contribution in [0.3, 0.4) is 0 Å². The Morgan fingerprint density at radius 1 is 0.949 bits per heavy atom. The average molecular weight is 527 g/mol. The van der Waals surface area contributed by atoms with Gasteiger partial charge in [-0.25, -0.2) is 14.0 Å². The second kappa shape index (κ2) is 10.6. The van der Waals surface area contributed by atoms with Crippen LogP contribution in [0, 0.1) is 12.7 Å². The molecular formula is C31H27FN2O5. The number of esters is 2. The van der Waals surface area contributed by atoms with Crippen LogP contribution in [0.25, 0.3) is 11.3 Å². The van der Waals surface area contributed by atoms with Crippen molar-refractivity contribution in [3.63, 3.8) is 0 Å². The number of nitrogens with one attached hydrogen (secondary N) is 1. The van der Waals surface area contributed by atoms with Crippen LogP contribution in [0.5, 0.6) is 0 Å². The van der Waals surface area contributed by atoms with Crippen LogP contribution in [0.1, 0.15) is 49.0 Å². The van der Waals surface area contributed by atoms with Gasteiger partial charge in [-0.05, 0) is 48.2 Å². The van der Waals surface area contributed by atoms with E-state index in [1.54, 1.807) is 4.57 Å². The molecule has 1 unspecified atom stereocenters. The molecule has 5 rings (SSSR count). The third-order valence-corrected chi connectivity index (χ3v) is 6.99. The molecule has 0 aliphatic carbocycles. The third kappa shape index (κ3) is 4.69. The van der Waals surface area contributed by atoms with E-state index in [0.717, 1.165) is 11.1 Å². The van der Waals surface area contributed by atoms with E-state index in [-0.39, 0.29) is 16.8 Å². The zero-order chi connectivity index (χ0) is 27.7. The number of carbonyl (C=O) groups is 3. The molecule has 0 saturated carbocycles. The Balaban J connectivity index is 1.86. The summed E-state index contributed by atoms with van der Waals surface area (Å²) in [6.45, 7) is 2.24. The largest absolute Gasteiger partial charge is 0.465 e. The van der Waals surface area contributed by atoms with E-state index in [9.17, 15) is 18.8 Å². The van der Waals surface area contributed by atoms with Gasteiger partial charge in [-0.2, -0.15) is 0 Å². The smallest absolute Gasteiger partial charge is 0.355 e. The normalized spacial score (nSPS) is 14.1. The van der Waals surface area contributed by atoms with Gasteiger partial charge in [0.2, 0.25) is 5.91 Å². The fourth-order valence-corrected chi connectivity index (χ4v) is 5.19. The third-order valence-electron chi connectivity index (χ3n) is 6.99. The molecule has 8 heteroatoms. The van der Waals surface area contributed by atoms with E-state index in [4.69, 9.17) is 9.47 Å². The molecule has 0 saturated heterocycles. The molecule has 1 N–H and O–H groups in total. The molecular weight excluding hydrogens is 499 g/mol. The number of nitrogens with zero attached hydrogens (tertiary/aromatic N) is 1. The van der Waals surface area contributed by atoms with Gasteiger partial charge in [0.15, 0.2) is 0 Å². The van der Waals surface area contributed by atoms with Crippen molar-refractivity contribution >= 4 is 23.5 Å². The van der Waals surface area contributed by atoms with Gasteiger partial charge in [-0.3, -0.25) is 4.79 Å². The summed E-state index contributed by atoms with van der Waals surface area (Å²) in [5.74, 6) is -3.58. The second-order valence-electron chi connectivity index (χ2n) is 9.38. The summed E-state index contributed by atoms with van der Waals surface area (Å²) in [6.07, 6.45) is 0.528. The molecule has 1 aliphatic heterocycles. The highest BCUT2D eigenvalue weighted by molar-refractivity contribution is 6.11. The number of aryl methyl sites for hydroxylation is 2. The van der Waals surface area contributed by atoms with Crippen LogP contribution in [0.2, 0.25) is 0 Å². The quantitative estimate of drug-likeness (QED) is 0.321. The monoisotopic (exact) mass is 526 g/mol. The maximum Gasteiger partial charge on any atom is 0.355 e. The number of carbonyl (C=O) groups excluding carboxylic acids is 3. The van der Waals surface area contributed by atoms with Gasteiger partial charge in [-0.1, -0.05) is 60.2 Å². The van der Waals surface area contributed by atoms with Gasteiger partial charge in [0.1, 0.15) is 11.5 Å². The summed E-state index contributed by atoms with van der Waals surface area (Å²) in [5.41, 5.74) is 4.17. The number of hydrogen-bond acceptors (Lipinski definition) is 5. The Labute approximate surface area is 225 Å². The Morgan fingerprint density at radius 2 is 1.64 bits per heavy atom. The Bertz CT molecular complexity index is 1580. The molecule has 198 valence electrons. The summed E-state index contributed by atoms with van der Waals surface area (Å²) in [5, 5.41) is 2.79. The van der Waals surface area contributed by atoms with Gasteiger partial charge in [0.25, 0.3) is 0 Å². The molecule has 1 amide bonds. The van der Waals surface area contributed by atoms with Crippen LogP contribution >= 0.6 is 0 Å². The lowest BCUT2D eigenvalue weighted by atomic mass is 9.87. The van der Waals surface area contributed by atoms with Crippen LogP contribution in [-0.2, 0) is 27.2 Å². The van der Waals surface area contributed by atoms with Gasteiger partial charge >= 0.3 is 11.9 Å². The first-order valence-electron chi connectivity index (χ1n) is 12.5. The predicted octanol–water partition coefficient (Wildman–Crippen LogP) is 5.50. The first-order chi connectivity index (χ1) is 18.8. The lowest BCUT2D eigenvalue weighted by Crippen LogP contribution is -2.19. The van der Waals surface area contributed by atoms with Crippen LogP contribution < -0.4 is 5.32 Å². The number of aromatic nitrogens is 1. The van der Waals surface area contributed by atoms with E-state index in [1.807, 2.05) is 61.5 Å². The van der Waals surface area contributed by atoms with Crippen molar-refractivity contribution in [3.05, 3.63) is 112 Å². The van der Waals surface area contributed by atoms with Crippen molar-refractivity contribution in [3.8, 4) is 11.3 Å². The highest BCUT2D eigenvalue weighted by Gasteiger charge is 2.42. The molecule has 1 aromatic heterocycles. The van der Waals surface area contributed by atoms with Gasteiger partial charge < -0.3 is 19.4 Å². The minimum atomic E-state index is -1.07. The van der Waals surface area contributed by atoms with Crippen molar-refractivity contribution in [2.24, 2.45) is 0 Å². The molecule has 0 spiro atoms. The summed E-state index contributed by atoms with van der Waals surface area (Å²) < 4.78 is 26.4. The molecule has 1 atom stereocenters. The van der Waals surface area contributed by atoms with E-state index in [2.05, 4.69) is 5.32 Å². The van der Waals surface area contributed by atoms with Gasteiger partial charge in [0, 0.05) is 17.8 Å². The van der Waals surface area contributed by atoms with E-state index < -0.39 is 29.6 Å². The number of ether oxygens (including phenoxy) is 2. The fourth-order valence-electron chi connectivity index (χ4n) is 5.19. The Morgan fingerprint density at radius 3 is 2.31 bits per heavy atom. The summed E-state index contributed by atoms with van der Waals surface area (Å²) in [7, 11) is 2.44. The number of rotatable bonds is 7. The standard InChI is InChI=1S/C31H27FN2O5/c1-18-9-11-20(12-10-18)27-25(24-22-17-21(32)13-14-23(22)33-29(24)35)26(30(36)38-2)28(31(37)39-3)34(27)16-15-19-7-5-4-6-8-19/h4-14,17,24H,15-16H2,1-3H3,(H,33,35). The van der Waals surface area contributed by atoms with Crippen molar-refractivity contribution < 1.29 is 28.2 Å². The molecule has 1 aliphatic rings. The number of fused-ring (bicyclic) bond motifs is 1. The molecule has 7 nitrogen and oxygen atoms in total. The zero-order valence-electron chi connectivity index (χ0n) is 21.8. The molecule has 39 heavy (non-hydrogen) atoms. The van der Waals surface area contributed by atoms with E-state index >= 15 is 0 Å². The van der Waals surface area contributed by atoms with Gasteiger partial charge in [0.05, 0.1) is 31.4 Å². The first kappa shape index (κ1) is 25.9. The molecule has 0 bridgehead atoms. The number of methoxy groups -OCH3 is 2. The Kier molecular flexibility index (Phi) is 7.02. The lowest BCUT2D eigenvalue weighted by molar-refractivity contribution is -0.116. The molecule has 0 fully saturated rings. The van der Waals surface area contributed by atoms with Crippen molar-refractivity contribution in [2.45, 2.75) is 25.8 Å². The topological polar surface area (TPSA) is 86.6 Å². The highest BCUT2D eigenvalue weighted by atomic mass is 19.1. The summed E-state index contributed by atoms with van der Waals surface area (Å²) in [4.78, 5) is 40.2. The van der Waals surface area contributed by atoms with Crippen molar-refractivity contribution in [1.82, 2.24) is 4.57 Å². The van der Waals surface area contributed by atoms with Crippen molar-refractivity contribution in [2.75, 3.05) is 19.5 Å². The number of amides is 1. The Hall–Kier alpha value is -4.72. The maximum atomic E-state index is 14.4. The second-order valence-corrected chi connectivity index (χ2v) is 9.38. The van der Waals surface area contributed by atoms with Crippen LogP contribution in [0.15, 0.2) is 72.8 Å². The predicted molar refractivity (Wildman–Crippen MR) is 144 cm³/mol. The van der Waals surface area contributed by atoms with Crippen LogP contribution in [-0.4, -0.2) is 36.6 Å². The fraction of sp³-hybridized carbons (Fsp3) is 0.194. The van der Waals surface area contributed by atoms with E-state index in [1.165, 1.54) is 32.4 Å².